The predicted molar refractivity (Wildman–Crippen MR) is 167 cm³/mol. The number of hydrogen-bond acceptors (Lipinski definition) is 9. The van der Waals surface area contributed by atoms with Crippen LogP contribution in [0.25, 0.3) is 21.0 Å². The van der Waals surface area contributed by atoms with Crippen molar-refractivity contribution in [1.82, 2.24) is 9.88 Å². The number of aromatic nitrogens is 1. The molecular weight excluding hydrogens is 590 g/mol. The molecule has 0 saturated carbocycles. The molecule has 0 aliphatic carbocycles. The number of aliphatic hydroxyl groups is 1. The highest BCUT2D eigenvalue weighted by Crippen LogP contribution is 2.31. The van der Waals surface area contributed by atoms with Gasteiger partial charge in [-0.05, 0) is 66.6 Å². The van der Waals surface area contributed by atoms with Crippen molar-refractivity contribution < 1.29 is 39.5 Å². The van der Waals surface area contributed by atoms with Gasteiger partial charge in [-0.2, -0.15) is 0 Å². The Morgan fingerprint density at radius 2 is 1.61 bits per heavy atom. The van der Waals surface area contributed by atoms with E-state index in [2.05, 4.69) is 44.4 Å². The van der Waals surface area contributed by atoms with Gasteiger partial charge in [0.05, 0.1) is 25.0 Å². The van der Waals surface area contributed by atoms with Crippen LogP contribution in [0.5, 0.6) is 5.75 Å². The summed E-state index contributed by atoms with van der Waals surface area (Å²) in [7, 11) is 0. The number of H-pyrrole nitrogens is 1. The summed E-state index contributed by atoms with van der Waals surface area (Å²) in [5.74, 6) is -4.21. The standard InChI is InChI=1S/C25H27N3O2S.C6H8O7/c29-25-9-7-19-6-8-20(18-22(19)26-25)30-16-2-1-11-27-12-14-28(15-13-27)23-4-3-5-24-21(23)10-17-31-24;7-3(8)1-6(13,5(11)12)2-4(9)10/h3-10,17-18H,1-2,11-16H2,(H,26,29);13H,1-2H2,(H,7,8)(H,9,10)(H,11,12). The molecule has 0 atom stereocenters. The van der Waals surface area contributed by atoms with Crippen LogP contribution in [0.2, 0.25) is 0 Å². The molecule has 1 aliphatic heterocycles. The largest absolute Gasteiger partial charge is 0.494 e. The summed E-state index contributed by atoms with van der Waals surface area (Å²) < 4.78 is 7.28. The van der Waals surface area contributed by atoms with Crippen LogP contribution in [0.1, 0.15) is 25.7 Å². The van der Waals surface area contributed by atoms with Crippen LogP contribution >= 0.6 is 11.3 Å². The maximum atomic E-state index is 11.5. The lowest BCUT2D eigenvalue weighted by Crippen LogP contribution is -2.46. The molecule has 3 heterocycles. The number of nitrogens with zero attached hydrogens (tertiary/aromatic N) is 2. The van der Waals surface area contributed by atoms with Crippen LogP contribution in [0.15, 0.2) is 64.8 Å². The van der Waals surface area contributed by atoms with Gasteiger partial charge in [0.1, 0.15) is 5.75 Å². The molecular formula is C31H35N3O9S. The van der Waals surface area contributed by atoms with E-state index in [0.717, 1.165) is 62.2 Å². The summed E-state index contributed by atoms with van der Waals surface area (Å²) in [5, 5.41) is 38.4. The van der Waals surface area contributed by atoms with Crippen molar-refractivity contribution in [3.05, 3.63) is 70.3 Å². The zero-order valence-corrected chi connectivity index (χ0v) is 24.8. The summed E-state index contributed by atoms with van der Waals surface area (Å²) in [4.78, 5) is 49.9. The number of unbranched alkanes of at least 4 members (excludes halogenated alkanes) is 1. The Kier molecular flexibility index (Phi) is 10.9. The van der Waals surface area contributed by atoms with Gasteiger partial charge in [-0.25, -0.2) is 4.79 Å². The van der Waals surface area contributed by atoms with E-state index in [4.69, 9.17) is 25.2 Å². The molecule has 1 saturated heterocycles. The Labute approximate surface area is 256 Å². The van der Waals surface area contributed by atoms with Crippen LogP contribution < -0.4 is 15.2 Å². The van der Waals surface area contributed by atoms with E-state index in [9.17, 15) is 19.2 Å². The first-order valence-corrected chi connectivity index (χ1v) is 15.0. The average molecular weight is 626 g/mol. The Morgan fingerprint density at radius 3 is 2.30 bits per heavy atom. The van der Waals surface area contributed by atoms with Crippen molar-refractivity contribution in [2.75, 3.05) is 44.2 Å². The number of carboxylic acids is 3. The number of carboxylic acid groups (broad SMARTS) is 3. The third kappa shape index (κ3) is 8.78. The van der Waals surface area contributed by atoms with Crippen LogP contribution in [-0.2, 0) is 14.4 Å². The number of carbonyl (C=O) groups is 3. The smallest absolute Gasteiger partial charge is 0.336 e. The number of rotatable bonds is 12. The fourth-order valence-electron chi connectivity index (χ4n) is 5.03. The van der Waals surface area contributed by atoms with Gasteiger partial charge in [-0.3, -0.25) is 19.3 Å². The molecule has 0 unspecified atom stereocenters. The van der Waals surface area contributed by atoms with E-state index < -0.39 is 36.4 Å². The molecule has 2 aromatic carbocycles. The topological polar surface area (TPSA) is 181 Å². The highest BCUT2D eigenvalue weighted by atomic mass is 32.1. The molecule has 0 bridgehead atoms. The molecule has 1 fully saturated rings. The lowest BCUT2D eigenvalue weighted by Gasteiger charge is -2.36. The SMILES string of the molecule is O=C(O)CC(O)(CC(=O)O)C(=O)O.O=c1ccc2ccc(OCCCCN3CCN(c4cccc5sccc45)CC3)cc2[nH]1. The monoisotopic (exact) mass is 625 g/mol. The summed E-state index contributed by atoms with van der Waals surface area (Å²) in [6.07, 6.45) is -0.133. The highest BCUT2D eigenvalue weighted by molar-refractivity contribution is 7.17. The number of piperazine rings is 1. The van der Waals surface area contributed by atoms with E-state index in [-0.39, 0.29) is 5.56 Å². The average Bonchev–Trinajstić information content (AvgIpc) is 3.46. The summed E-state index contributed by atoms with van der Waals surface area (Å²) in [5.41, 5.74) is -0.626. The second kappa shape index (κ2) is 14.8. The van der Waals surface area contributed by atoms with Gasteiger partial charge in [0.15, 0.2) is 5.60 Å². The second-order valence-electron chi connectivity index (χ2n) is 10.5. The van der Waals surface area contributed by atoms with Crippen molar-refractivity contribution in [3.8, 4) is 5.75 Å². The lowest BCUT2D eigenvalue weighted by molar-refractivity contribution is -0.170. The molecule has 44 heavy (non-hydrogen) atoms. The van der Waals surface area contributed by atoms with E-state index in [1.165, 1.54) is 15.8 Å². The Morgan fingerprint density at radius 1 is 0.909 bits per heavy atom. The molecule has 0 amide bonds. The minimum absolute atomic E-state index is 0.0863. The van der Waals surface area contributed by atoms with E-state index in [0.29, 0.717) is 6.61 Å². The number of thiophene rings is 1. The fourth-order valence-corrected chi connectivity index (χ4v) is 5.83. The van der Waals surface area contributed by atoms with E-state index in [1.807, 2.05) is 35.6 Å². The molecule has 5 N–H and O–H groups in total. The van der Waals surface area contributed by atoms with E-state index >= 15 is 0 Å². The summed E-state index contributed by atoms with van der Waals surface area (Å²) in [6.45, 7) is 6.20. The van der Waals surface area contributed by atoms with Gasteiger partial charge in [-0.1, -0.05) is 6.07 Å². The number of aliphatic carboxylic acids is 3. The molecule has 13 heteroatoms. The molecule has 0 radical (unpaired) electrons. The minimum atomic E-state index is -2.74. The normalized spacial score (nSPS) is 13.8. The molecule has 1 aliphatic rings. The number of anilines is 1. The number of aromatic amines is 1. The molecule has 4 aromatic rings. The Bertz CT molecular complexity index is 1640. The van der Waals surface area contributed by atoms with Crippen molar-refractivity contribution in [3.63, 3.8) is 0 Å². The maximum absolute atomic E-state index is 11.5. The second-order valence-corrected chi connectivity index (χ2v) is 11.5. The summed E-state index contributed by atoms with van der Waals surface area (Å²) in [6, 6.07) is 18.1. The highest BCUT2D eigenvalue weighted by Gasteiger charge is 2.40. The van der Waals surface area contributed by atoms with E-state index in [1.54, 1.807) is 6.07 Å². The van der Waals surface area contributed by atoms with Crippen LogP contribution in [0.4, 0.5) is 5.69 Å². The van der Waals surface area contributed by atoms with Gasteiger partial charge >= 0.3 is 17.9 Å². The molecule has 12 nitrogen and oxygen atoms in total. The third-order valence-electron chi connectivity index (χ3n) is 7.31. The van der Waals surface area contributed by atoms with Crippen molar-refractivity contribution in [1.29, 1.82) is 0 Å². The maximum Gasteiger partial charge on any atom is 0.336 e. The number of fused-ring (bicyclic) bond motifs is 2. The zero-order chi connectivity index (χ0) is 31.7. The Hall–Kier alpha value is -4.46. The van der Waals surface area contributed by atoms with Gasteiger partial charge in [0, 0.05) is 54.1 Å². The van der Waals surface area contributed by atoms with Crippen molar-refractivity contribution >= 4 is 55.9 Å². The minimum Gasteiger partial charge on any atom is -0.494 e. The molecule has 234 valence electrons. The number of pyridine rings is 1. The van der Waals surface area contributed by atoms with Crippen LogP contribution in [0, 0.1) is 0 Å². The predicted octanol–water partition coefficient (Wildman–Crippen LogP) is 3.48. The van der Waals surface area contributed by atoms with Gasteiger partial charge in [-0.15, -0.1) is 11.3 Å². The number of nitrogens with one attached hydrogen (secondary N) is 1. The first-order chi connectivity index (χ1) is 21.0. The van der Waals surface area contributed by atoms with Gasteiger partial charge in [0.25, 0.3) is 0 Å². The quantitative estimate of drug-likeness (QED) is 0.145. The van der Waals surface area contributed by atoms with Gasteiger partial charge < -0.3 is 35.0 Å². The van der Waals surface area contributed by atoms with Crippen LogP contribution in [0.3, 0.4) is 0 Å². The van der Waals surface area contributed by atoms with Gasteiger partial charge in [0.2, 0.25) is 5.56 Å². The Balaban J connectivity index is 0.000000289. The van der Waals surface area contributed by atoms with Crippen LogP contribution in [-0.4, -0.2) is 93.1 Å². The van der Waals surface area contributed by atoms with Crippen molar-refractivity contribution in [2.24, 2.45) is 0 Å². The molecule has 2 aromatic heterocycles. The fraction of sp³-hybridized carbons (Fsp3) is 0.355. The van der Waals surface area contributed by atoms with Crippen molar-refractivity contribution in [2.45, 2.75) is 31.3 Å². The summed E-state index contributed by atoms with van der Waals surface area (Å²) >= 11 is 1.82. The number of hydrogen-bond donors (Lipinski definition) is 5. The number of benzene rings is 2. The molecule has 0 spiro atoms. The number of ether oxygens (including phenoxy) is 1. The molecule has 5 rings (SSSR count). The first-order valence-electron chi connectivity index (χ1n) is 14.1. The zero-order valence-electron chi connectivity index (χ0n) is 24.0. The lowest BCUT2D eigenvalue weighted by atomic mass is 9.96. The first kappa shape index (κ1) is 32.5. The third-order valence-corrected chi connectivity index (χ3v) is 8.19.